The smallest absolute Gasteiger partial charge is 0.402 e. The van der Waals surface area contributed by atoms with Gasteiger partial charge in [0.05, 0.1) is 0 Å². The van der Waals surface area contributed by atoms with E-state index in [2.05, 4.69) is 11.2 Å². The molecule has 2 N–H and O–H groups in total. The first kappa shape index (κ1) is 11.0. The summed E-state index contributed by atoms with van der Waals surface area (Å²) in [6.45, 7) is 3.95. The van der Waals surface area contributed by atoms with Gasteiger partial charge >= 0.3 is 7.32 Å². The standard InChI is InChI=1S/C10H13BO3/c1-2-9-3-5-10(6-4-9)7-8-14-11(12)13/h2-6,12-13H,1,7-8H2. The maximum atomic E-state index is 8.43. The molecule has 0 heterocycles. The van der Waals surface area contributed by atoms with E-state index in [1.165, 1.54) is 0 Å². The van der Waals surface area contributed by atoms with Crippen molar-refractivity contribution < 1.29 is 14.7 Å². The lowest BCUT2D eigenvalue weighted by Crippen LogP contribution is -2.18. The molecule has 1 aromatic rings. The third-order valence-corrected chi connectivity index (χ3v) is 1.87. The molecule has 0 bridgehead atoms. The van der Waals surface area contributed by atoms with Crippen LogP contribution >= 0.6 is 0 Å². The molecule has 0 amide bonds. The summed E-state index contributed by atoms with van der Waals surface area (Å²) in [5, 5.41) is 16.9. The van der Waals surface area contributed by atoms with Crippen LogP contribution in [-0.2, 0) is 11.1 Å². The van der Waals surface area contributed by atoms with E-state index in [0.717, 1.165) is 11.1 Å². The lowest BCUT2D eigenvalue weighted by Gasteiger charge is -2.03. The highest BCUT2D eigenvalue weighted by atomic mass is 16.6. The van der Waals surface area contributed by atoms with Crippen LogP contribution in [0.1, 0.15) is 11.1 Å². The van der Waals surface area contributed by atoms with Crippen molar-refractivity contribution >= 4 is 13.4 Å². The fraction of sp³-hybridized carbons (Fsp3) is 0.200. The second kappa shape index (κ2) is 5.60. The van der Waals surface area contributed by atoms with E-state index in [0.29, 0.717) is 13.0 Å². The monoisotopic (exact) mass is 192 g/mol. The van der Waals surface area contributed by atoms with Crippen LogP contribution < -0.4 is 0 Å². The van der Waals surface area contributed by atoms with Gasteiger partial charge in [-0.25, -0.2) is 0 Å². The Morgan fingerprint density at radius 2 is 1.93 bits per heavy atom. The van der Waals surface area contributed by atoms with Crippen LogP contribution in [0.3, 0.4) is 0 Å². The van der Waals surface area contributed by atoms with Crippen molar-refractivity contribution in [3.05, 3.63) is 42.0 Å². The second-order valence-electron chi connectivity index (χ2n) is 2.89. The van der Waals surface area contributed by atoms with E-state index in [4.69, 9.17) is 10.0 Å². The first-order chi connectivity index (χ1) is 6.72. The van der Waals surface area contributed by atoms with Crippen LogP contribution in [0.15, 0.2) is 30.8 Å². The van der Waals surface area contributed by atoms with E-state index in [9.17, 15) is 0 Å². The number of rotatable bonds is 5. The van der Waals surface area contributed by atoms with Gasteiger partial charge in [-0.15, -0.1) is 0 Å². The molecule has 0 fully saturated rings. The average Bonchev–Trinajstić information content (AvgIpc) is 2.18. The van der Waals surface area contributed by atoms with Crippen molar-refractivity contribution in [1.29, 1.82) is 0 Å². The molecule has 1 rings (SSSR count). The Morgan fingerprint density at radius 3 is 2.43 bits per heavy atom. The Kier molecular flexibility index (Phi) is 4.39. The van der Waals surface area contributed by atoms with Gasteiger partial charge in [-0.3, -0.25) is 0 Å². The molecule has 0 saturated carbocycles. The van der Waals surface area contributed by atoms with Crippen molar-refractivity contribution in [2.24, 2.45) is 0 Å². The van der Waals surface area contributed by atoms with Crippen LogP contribution in [0.25, 0.3) is 6.08 Å². The summed E-state index contributed by atoms with van der Waals surface area (Å²) < 4.78 is 4.59. The minimum atomic E-state index is -1.68. The Morgan fingerprint density at radius 1 is 1.29 bits per heavy atom. The van der Waals surface area contributed by atoms with Gasteiger partial charge in [0, 0.05) is 6.61 Å². The lowest BCUT2D eigenvalue weighted by atomic mass is 10.1. The van der Waals surface area contributed by atoms with Crippen LogP contribution in [0, 0.1) is 0 Å². The summed E-state index contributed by atoms with van der Waals surface area (Å²) in [6, 6.07) is 7.84. The van der Waals surface area contributed by atoms with E-state index in [1.54, 1.807) is 6.08 Å². The molecule has 0 unspecified atom stereocenters. The molecule has 4 heteroatoms. The zero-order valence-corrected chi connectivity index (χ0v) is 7.89. The molecule has 0 aliphatic rings. The third-order valence-electron chi connectivity index (χ3n) is 1.87. The van der Waals surface area contributed by atoms with Gasteiger partial charge in [-0.2, -0.15) is 0 Å². The minimum Gasteiger partial charge on any atom is -0.402 e. The molecule has 0 radical (unpaired) electrons. The van der Waals surface area contributed by atoms with Crippen molar-refractivity contribution in [3.8, 4) is 0 Å². The van der Waals surface area contributed by atoms with Crippen molar-refractivity contribution in [3.63, 3.8) is 0 Å². The fourth-order valence-corrected chi connectivity index (χ4v) is 1.10. The summed E-state index contributed by atoms with van der Waals surface area (Å²) in [7, 11) is -1.68. The first-order valence-electron chi connectivity index (χ1n) is 4.41. The molecule has 0 aliphatic heterocycles. The molecule has 0 spiro atoms. The normalized spacial score (nSPS) is 9.86. The Balaban J connectivity index is 2.40. The van der Waals surface area contributed by atoms with Crippen molar-refractivity contribution in [2.45, 2.75) is 6.42 Å². The van der Waals surface area contributed by atoms with Gasteiger partial charge in [0.2, 0.25) is 0 Å². The largest absolute Gasteiger partial charge is 0.633 e. The molecule has 0 aromatic heterocycles. The summed E-state index contributed by atoms with van der Waals surface area (Å²) in [4.78, 5) is 0. The average molecular weight is 192 g/mol. The SMILES string of the molecule is C=Cc1ccc(CCOB(O)O)cc1. The highest BCUT2D eigenvalue weighted by Gasteiger charge is 2.06. The minimum absolute atomic E-state index is 0.297. The highest BCUT2D eigenvalue weighted by Crippen LogP contribution is 2.06. The predicted octanol–water partition coefficient (Wildman–Crippen LogP) is 0.858. The summed E-state index contributed by atoms with van der Waals surface area (Å²) in [5.74, 6) is 0. The third kappa shape index (κ3) is 3.74. The molecule has 14 heavy (non-hydrogen) atoms. The Labute approximate surface area is 83.8 Å². The first-order valence-corrected chi connectivity index (χ1v) is 4.41. The predicted molar refractivity (Wildman–Crippen MR) is 56.4 cm³/mol. The Bertz CT molecular complexity index is 282. The molecular formula is C10H13BO3. The zero-order chi connectivity index (χ0) is 10.4. The molecule has 3 nitrogen and oxygen atoms in total. The van der Waals surface area contributed by atoms with Gasteiger partial charge < -0.3 is 14.7 Å². The molecule has 0 atom stereocenters. The second-order valence-corrected chi connectivity index (χ2v) is 2.89. The molecular weight excluding hydrogens is 179 g/mol. The highest BCUT2D eigenvalue weighted by molar-refractivity contribution is 6.32. The van der Waals surface area contributed by atoms with Gasteiger partial charge in [0.1, 0.15) is 0 Å². The molecule has 0 aliphatic carbocycles. The van der Waals surface area contributed by atoms with Gasteiger partial charge in [-0.1, -0.05) is 36.9 Å². The van der Waals surface area contributed by atoms with Crippen LogP contribution in [0.4, 0.5) is 0 Å². The van der Waals surface area contributed by atoms with Crippen molar-refractivity contribution in [1.82, 2.24) is 0 Å². The van der Waals surface area contributed by atoms with Crippen LogP contribution in [0.5, 0.6) is 0 Å². The van der Waals surface area contributed by atoms with Gasteiger partial charge in [-0.05, 0) is 17.5 Å². The van der Waals surface area contributed by atoms with Gasteiger partial charge in [0.25, 0.3) is 0 Å². The summed E-state index contributed by atoms with van der Waals surface area (Å²) >= 11 is 0. The lowest BCUT2D eigenvalue weighted by molar-refractivity contribution is 0.188. The topological polar surface area (TPSA) is 49.7 Å². The number of hydrogen-bond donors (Lipinski definition) is 2. The molecule has 74 valence electrons. The van der Waals surface area contributed by atoms with Gasteiger partial charge in [0.15, 0.2) is 0 Å². The number of hydrogen-bond acceptors (Lipinski definition) is 3. The maximum Gasteiger partial charge on any atom is 0.633 e. The van der Waals surface area contributed by atoms with E-state index in [1.807, 2.05) is 24.3 Å². The summed E-state index contributed by atoms with van der Waals surface area (Å²) in [6.07, 6.45) is 2.44. The molecule has 0 saturated heterocycles. The fourth-order valence-electron chi connectivity index (χ4n) is 1.10. The molecule has 1 aromatic carbocycles. The Hall–Kier alpha value is -1.10. The van der Waals surface area contributed by atoms with Crippen molar-refractivity contribution in [2.75, 3.05) is 6.61 Å². The maximum absolute atomic E-state index is 8.43. The van der Waals surface area contributed by atoms with E-state index in [-0.39, 0.29) is 0 Å². The van der Waals surface area contributed by atoms with Crippen LogP contribution in [-0.4, -0.2) is 24.0 Å². The van der Waals surface area contributed by atoms with Crippen LogP contribution in [0.2, 0.25) is 0 Å². The van der Waals surface area contributed by atoms with E-state index >= 15 is 0 Å². The number of benzene rings is 1. The summed E-state index contributed by atoms with van der Waals surface area (Å²) in [5.41, 5.74) is 2.16. The quantitative estimate of drug-likeness (QED) is 0.680. The zero-order valence-electron chi connectivity index (χ0n) is 7.89. The van der Waals surface area contributed by atoms with E-state index < -0.39 is 7.32 Å².